The van der Waals surface area contributed by atoms with Gasteiger partial charge in [-0.3, -0.25) is 9.48 Å². The summed E-state index contributed by atoms with van der Waals surface area (Å²) >= 11 is 0. The summed E-state index contributed by atoms with van der Waals surface area (Å²) in [5.74, 6) is 0.965. The molecule has 25 heavy (non-hydrogen) atoms. The van der Waals surface area contributed by atoms with Crippen LogP contribution >= 0.6 is 24.8 Å². The maximum atomic E-state index is 12.9. The molecule has 2 aliphatic rings. The van der Waals surface area contributed by atoms with Gasteiger partial charge in [-0.2, -0.15) is 5.10 Å². The molecule has 0 unspecified atom stereocenters. The second-order valence-corrected chi connectivity index (χ2v) is 7.01. The first kappa shape index (κ1) is 22.2. The Kier molecular flexibility index (Phi) is 9.21. The number of halogens is 2. The fourth-order valence-electron chi connectivity index (χ4n) is 3.70. The number of carbonyl (C=O) groups excluding carboxylic acids is 1. The lowest BCUT2D eigenvalue weighted by Gasteiger charge is -2.37. The number of amides is 1. The number of likely N-dealkylation sites (tertiary alicyclic amines) is 1. The van der Waals surface area contributed by atoms with Gasteiger partial charge in [0.25, 0.3) is 0 Å². The molecule has 2 N–H and O–H groups in total. The van der Waals surface area contributed by atoms with Crippen molar-refractivity contribution >= 4 is 30.7 Å². The molecule has 1 aromatic heterocycles. The zero-order chi connectivity index (χ0) is 16.1. The first-order valence-corrected chi connectivity index (χ1v) is 8.92. The average Bonchev–Trinajstić information content (AvgIpc) is 3.12. The molecule has 0 aromatic carbocycles. The van der Waals surface area contributed by atoms with Crippen molar-refractivity contribution < 1.29 is 4.79 Å². The fourth-order valence-corrected chi connectivity index (χ4v) is 3.70. The largest absolute Gasteiger partial charge is 0.353 e. The summed E-state index contributed by atoms with van der Waals surface area (Å²) in [7, 11) is 0. The normalized spacial score (nSPS) is 21.0. The smallest absolute Gasteiger partial charge is 0.248 e. The van der Waals surface area contributed by atoms with Gasteiger partial charge in [-0.1, -0.05) is 6.92 Å². The van der Waals surface area contributed by atoms with Gasteiger partial charge in [-0.05, 0) is 63.8 Å². The highest BCUT2D eigenvalue weighted by atomic mass is 35.5. The maximum Gasteiger partial charge on any atom is 0.248 e. The van der Waals surface area contributed by atoms with Crippen LogP contribution in [-0.4, -0.2) is 59.9 Å². The molecule has 2 aliphatic heterocycles. The van der Waals surface area contributed by atoms with Gasteiger partial charge in [0.05, 0.1) is 0 Å². The highest BCUT2D eigenvalue weighted by Gasteiger charge is 2.41. The van der Waals surface area contributed by atoms with Crippen LogP contribution in [0.5, 0.6) is 0 Å². The van der Waals surface area contributed by atoms with Crippen LogP contribution in [0.3, 0.4) is 0 Å². The van der Waals surface area contributed by atoms with Crippen molar-refractivity contribution in [2.75, 3.05) is 39.3 Å². The van der Waals surface area contributed by atoms with Crippen LogP contribution in [0.15, 0.2) is 18.5 Å². The van der Waals surface area contributed by atoms with Crippen molar-refractivity contribution in [3.63, 3.8) is 0 Å². The summed E-state index contributed by atoms with van der Waals surface area (Å²) < 4.78 is 1.85. The molecule has 2 saturated heterocycles. The molecule has 144 valence electrons. The minimum atomic E-state index is -0.523. The zero-order valence-electron chi connectivity index (χ0n) is 14.9. The molecule has 0 aliphatic carbocycles. The Labute approximate surface area is 162 Å². The number of hydrogen-bond donors (Lipinski definition) is 2. The summed E-state index contributed by atoms with van der Waals surface area (Å²) in [6.45, 7) is 8.03. The molecular formula is C17H31Cl2N5O. The number of piperidine rings is 2. The van der Waals surface area contributed by atoms with E-state index in [9.17, 15) is 4.79 Å². The first-order valence-electron chi connectivity index (χ1n) is 8.92. The Balaban J connectivity index is 0.00000156. The van der Waals surface area contributed by atoms with Crippen LogP contribution < -0.4 is 10.6 Å². The molecule has 1 aromatic rings. The lowest BCUT2D eigenvalue weighted by atomic mass is 9.87. The average molecular weight is 392 g/mol. The fraction of sp³-hybridized carbons (Fsp3) is 0.765. The molecule has 0 spiro atoms. The van der Waals surface area contributed by atoms with E-state index in [1.54, 1.807) is 6.20 Å². The number of carbonyl (C=O) groups is 1. The monoisotopic (exact) mass is 391 g/mol. The molecule has 6 nitrogen and oxygen atoms in total. The van der Waals surface area contributed by atoms with Crippen molar-refractivity contribution in [2.24, 2.45) is 5.92 Å². The van der Waals surface area contributed by atoms with Crippen LogP contribution in [0.2, 0.25) is 0 Å². The lowest BCUT2D eigenvalue weighted by Crippen LogP contribution is -2.55. The Hall–Kier alpha value is -0.820. The van der Waals surface area contributed by atoms with Crippen molar-refractivity contribution in [3.05, 3.63) is 18.5 Å². The summed E-state index contributed by atoms with van der Waals surface area (Å²) in [5, 5.41) is 10.9. The number of rotatable bonds is 5. The molecule has 0 bridgehead atoms. The summed E-state index contributed by atoms with van der Waals surface area (Å²) in [5.41, 5.74) is -0.523. The summed E-state index contributed by atoms with van der Waals surface area (Å²) in [4.78, 5) is 15.4. The van der Waals surface area contributed by atoms with Gasteiger partial charge < -0.3 is 15.5 Å². The first-order chi connectivity index (χ1) is 11.2. The van der Waals surface area contributed by atoms with E-state index in [-0.39, 0.29) is 30.7 Å². The minimum absolute atomic E-state index is 0. The number of nitrogens with one attached hydrogen (secondary N) is 2. The van der Waals surface area contributed by atoms with E-state index in [4.69, 9.17) is 0 Å². The standard InChI is InChI=1S/C17H29N5O.2ClH/c1-15-3-12-21(13-4-15)14-10-19-16(23)17(5-8-18-9-6-17)22-11-2-7-20-22;;/h2,7,11,15,18H,3-6,8-10,12-14H2,1H3,(H,19,23);2*1H. The van der Waals surface area contributed by atoms with Crippen LogP contribution in [0.4, 0.5) is 0 Å². The molecule has 8 heteroatoms. The second-order valence-electron chi connectivity index (χ2n) is 7.01. The van der Waals surface area contributed by atoms with Gasteiger partial charge in [-0.15, -0.1) is 24.8 Å². The van der Waals surface area contributed by atoms with Crippen molar-refractivity contribution in [1.29, 1.82) is 0 Å². The van der Waals surface area contributed by atoms with Gasteiger partial charge in [0.15, 0.2) is 0 Å². The van der Waals surface area contributed by atoms with Crippen LogP contribution in [0, 0.1) is 5.92 Å². The van der Waals surface area contributed by atoms with Gasteiger partial charge in [0.1, 0.15) is 5.54 Å². The summed E-state index contributed by atoms with van der Waals surface area (Å²) in [6.07, 6.45) is 7.81. The summed E-state index contributed by atoms with van der Waals surface area (Å²) in [6, 6.07) is 1.89. The van der Waals surface area contributed by atoms with E-state index in [2.05, 4.69) is 27.6 Å². The lowest BCUT2D eigenvalue weighted by molar-refractivity contribution is -0.132. The van der Waals surface area contributed by atoms with Crippen molar-refractivity contribution in [2.45, 2.75) is 38.1 Å². The molecule has 3 rings (SSSR count). The van der Waals surface area contributed by atoms with E-state index >= 15 is 0 Å². The third-order valence-electron chi connectivity index (χ3n) is 5.39. The Morgan fingerprint density at radius 2 is 1.96 bits per heavy atom. The van der Waals surface area contributed by atoms with E-state index in [0.29, 0.717) is 0 Å². The molecule has 2 fully saturated rings. The highest BCUT2D eigenvalue weighted by Crippen LogP contribution is 2.27. The number of nitrogens with zero attached hydrogens (tertiary/aromatic N) is 3. The van der Waals surface area contributed by atoms with Crippen LogP contribution in [0.25, 0.3) is 0 Å². The van der Waals surface area contributed by atoms with Gasteiger partial charge >= 0.3 is 0 Å². The molecule has 0 saturated carbocycles. The predicted octanol–water partition coefficient (Wildman–Crippen LogP) is 1.65. The zero-order valence-corrected chi connectivity index (χ0v) is 16.6. The van der Waals surface area contributed by atoms with Crippen LogP contribution in [-0.2, 0) is 10.3 Å². The van der Waals surface area contributed by atoms with Gasteiger partial charge in [0.2, 0.25) is 5.91 Å². The minimum Gasteiger partial charge on any atom is -0.353 e. The highest BCUT2D eigenvalue weighted by molar-refractivity contribution is 5.85. The maximum absolute atomic E-state index is 12.9. The third kappa shape index (κ3) is 5.33. The topological polar surface area (TPSA) is 62.2 Å². The molecule has 0 atom stereocenters. The van der Waals surface area contributed by atoms with Crippen molar-refractivity contribution in [3.8, 4) is 0 Å². The second kappa shape index (κ2) is 10.4. The Bertz CT molecular complexity index is 497. The quantitative estimate of drug-likeness (QED) is 0.800. The molecule has 3 heterocycles. The Morgan fingerprint density at radius 3 is 2.56 bits per heavy atom. The van der Waals surface area contributed by atoms with E-state index < -0.39 is 5.54 Å². The SMILES string of the molecule is CC1CCN(CCNC(=O)C2(n3cccn3)CCNCC2)CC1.Cl.Cl. The third-order valence-corrected chi connectivity index (χ3v) is 5.39. The van der Waals surface area contributed by atoms with E-state index in [1.165, 1.54) is 12.8 Å². The van der Waals surface area contributed by atoms with E-state index in [1.807, 2.05) is 16.9 Å². The van der Waals surface area contributed by atoms with Crippen LogP contribution in [0.1, 0.15) is 32.6 Å². The van der Waals surface area contributed by atoms with Gasteiger partial charge in [0, 0.05) is 25.5 Å². The molecule has 1 amide bonds. The Morgan fingerprint density at radius 1 is 1.28 bits per heavy atom. The number of hydrogen-bond acceptors (Lipinski definition) is 4. The molecular weight excluding hydrogens is 361 g/mol. The predicted molar refractivity (Wildman–Crippen MR) is 105 cm³/mol. The van der Waals surface area contributed by atoms with Crippen molar-refractivity contribution in [1.82, 2.24) is 25.3 Å². The number of aromatic nitrogens is 2. The van der Waals surface area contributed by atoms with Gasteiger partial charge in [-0.25, -0.2) is 0 Å². The van der Waals surface area contributed by atoms with E-state index in [0.717, 1.165) is 58.0 Å². The molecule has 0 radical (unpaired) electrons.